The number of ether oxygens (including phenoxy) is 1. The van der Waals surface area contributed by atoms with Gasteiger partial charge < -0.3 is 14.2 Å². The second-order valence-electron chi connectivity index (χ2n) is 9.85. The Hall–Kier alpha value is -1.31. The van der Waals surface area contributed by atoms with Gasteiger partial charge >= 0.3 is 6.09 Å². The van der Waals surface area contributed by atoms with E-state index in [1.165, 1.54) is 0 Å². The van der Waals surface area contributed by atoms with Crippen molar-refractivity contribution >= 4 is 34.8 Å². The normalized spacial score (nSPS) is 21.4. The fourth-order valence-electron chi connectivity index (χ4n) is 3.74. The van der Waals surface area contributed by atoms with E-state index in [4.69, 9.17) is 20.7 Å². The summed E-state index contributed by atoms with van der Waals surface area (Å²) in [4.78, 5) is 18.7. The third-order valence-corrected chi connectivity index (χ3v) is 6.88. The lowest BCUT2D eigenvalue weighted by molar-refractivity contribution is 0.0159. The number of pyridine rings is 1. The Kier molecular flexibility index (Phi) is 5.98. The molecule has 1 aliphatic carbocycles. The van der Waals surface area contributed by atoms with Crippen LogP contribution in [0.2, 0.25) is 5.15 Å². The first-order valence-corrected chi connectivity index (χ1v) is 11.4. The van der Waals surface area contributed by atoms with Crippen molar-refractivity contribution < 1.29 is 14.1 Å². The van der Waals surface area contributed by atoms with Gasteiger partial charge in [-0.05, 0) is 66.5 Å². The molecule has 1 amide bonds. The second-order valence-corrected chi connectivity index (χ2v) is 12.1. The van der Waals surface area contributed by atoms with E-state index in [9.17, 15) is 9.35 Å². The Morgan fingerprint density at radius 1 is 1.24 bits per heavy atom. The Balaban J connectivity index is 1.88. The maximum absolute atomic E-state index is 12.8. The molecule has 1 atom stereocenters. The van der Waals surface area contributed by atoms with Crippen LogP contribution >= 0.6 is 11.6 Å². The van der Waals surface area contributed by atoms with Crippen molar-refractivity contribution in [1.29, 1.82) is 0 Å². The van der Waals surface area contributed by atoms with E-state index >= 15 is 0 Å². The number of nitrogens with zero attached hydrogens (tertiary/aromatic N) is 3. The van der Waals surface area contributed by atoms with Gasteiger partial charge in [0.1, 0.15) is 32.6 Å². The largest absolute Gasteiger partial charge is 0.591 e. The first kappa shape index (κ1) is 22.4. The highest BCUT2D eigenvalue weighted by Gasteiger charge is 2.49. The minimum Gasteiger partial charge on any atom is -0.591 e. The molecule has 0 saturated carbocycles. The van der Waals surface area contributed by atoms with Crippen LogP contribution in [0.5, 0.6) is 0 Å². The number of hydrogen-bond donors (Lipinski definition) is 0. The average Bonchev–Trinajstić information content (AvgIpc) is 2.85. The van der Waals surface area contributed by atoms with Crippen LogP contribution in [0.4, 0.5) is 4.79 Å². The number of carbonyl (C=O) groups is 1. The van der Waals surface area contributed by atoms with E-state index in [1.54, 1.807) is 11.0 Å². The van der Waals surface area contributed by atoms with Crippen LogP contribution in [-0.4, -0.2) is 49.7 Å². The molecular formula is C21H30ClN3O3S. The highest BCUT2D eigenvalue weighted by atomic mass is 35.5. The summed E-state index contributed by atoms with van der Waals surface area (Å²) in [5.74, 6) is 0. The number of aromatic nitrogens is 1. The molecule has 1 fully saturated rings. The minimum atomic E-state index is -1.38. The molecule has 8 heteroatoms. The molecule has 1 aromatic rings. The molecule has 6 nitrogen and oxygen atoms in total. The summed E-state index contributed by atoms with van der Waals surface area (Å²) in [6.45, 7) is 12.5. The van der Waals surface area contributed by atoms with Gasteiger partial charge in [-0.15, -0.1) is 0 Å². The molecule has 1 saturated heterocycles. The van der Waals surface area contributed by atoms with Gasteiger partial charge in [0.25, 0.3) is 0 Å². The van der Waals surface area contributed by atoms with Crippen molar-refractivity contribution in [1.82, 2.24) is 9.88 Å². The molecule has 1 aromatic heterocycles. The number of piperidine rings is 1. The van der Waals surface area contributed by atoms with Gasteiger partial charge in [-0.2, -0.15) is 0 Å². The fourth-order valence-corrected chi connectivity index (χ4v) is 4.63. The van der Waals surface area contributed by atoms with Crippen molar-refractivity contribution in [3.05, 3.63) is 28.5 Å². The highest BCUT2D eigenvalue weighted by Crippen LogP contribution is 2.45. The number of amides is 1. The SMILES string of the molecule is CC(C)(C)OC(=O)N1CCC2(CC1)Cc1nc(Cl)ccc1/C2=N\[S+]([O-])C(C)(C)C. The zero-order valence-electron chi connectivity index (χ0n) is 18.0. The molecule has 1 unspecified atom stereocenters. The van der Waals surface area contributed by atoms with Crippen LogP contribution in [0, 0.1) is 5.41 Å². The fraction of sp³-hybridized carbons (Fsp3) is 0.667. The minimum absolute atomic E-state index is 0.278. The number of halogens is 1. The molecule has 1 aliphatic heterocycles. The van der Waals surface area contributed by atoms with Crippen molar-refractivity contribution in [2.24, 2.45) is 9.81 Å². The number of fused-ring (bicyclic) bond motifs is 1. The summed E-state index contributed by atoms with van der Waals surface area (Å²) >= 11 is 4.75. The molecule has 0 bridgehead atoms. The summed E-state index contributed by atoms with van der Waals surface area (Å²) < 4.78 is 22.6. The van der Waals surface area contributed by atoms with Gasteiger partial charge in [0.2, 0.25) is 0 Å². The predicted molar refractivity (Wildman–Crippen MR) is 117 cm³/mol. The monoisotopic (exact) mass is 439 g/mol. The molecular weight excluding hydrogens is 410 g/mol. The van der Waals surface area contributed by atoms with Crippen LogP contribution < -0.4 is 0 Å². The third-order valence-electron chi connectivity index (χ3n) is 5.27. The lowest BCUT2D eigenvalue weighted by Gasteiger charge is -2.39. The molecule has 29 heavy (non-hydrogen) atoms. The van der Waals surface area contributed by atoms with Crippen molar-refractivity contribution in [3.63, 3.8) is 0 Å². The number of hydrogen-bond acceptors (Lipinski definition) is 5. The Labute approximate surface area is 181 Å². The molecule has 2 aliphatic rings. The van der Waals surface area contributed by atoms with Gasteiger partial charge in [-0.3, -0.25) is 0 Å². The van der Waals surface area contributed by atoms with E-state index in [1.807, 2.05) is 47.6 Å². The van der Waals surface area contributed by atoms with Gasteiger partial charge in [0.15, 0.2) is 0 Å². The second kappa shape index (κ2) is 7.75. The maximum Gasteiger partial charge on any atom is 0.410 e. The summed E-state index contributed by atoms with van der Waals surface area (Å²) in [5.41, 5.74) is 1.87. The molecule has 0 radical (unpaired) electrons. The standard InChI is InChI=1S/C21H30ClN3O3S/c1-19(2,3)28-18(26)25-11-9-21(10-12-25)13-15-14(7-8-16(22)23-15)17(21)24-29(27)20(4,5)6/h7-8H,9-13H2,1-6H3/b24-17+. The Morgan fingerprint density at radius 2 is 1.86 bits per heavy atom. The van der Waals surface area contributed by atoms with Crippen LogP contribution in [0.3, 0.4) is 0 Å². The summed E-state index contributed by atoms with van der Waals surface area (Å²) in [6.07, 6.45) is 1.85. The van der Waals surface area contributed by atoms with E-state index in [2.05, 4.69) is 4.98 Å². The number of likely N-dealkylation sites (tertiary alicyclic amines) is 1. The topological polar surface area (TPSA) is 77.8 Å². The predicted octanol–water partition coefficient (Wildman–Crippen LogP) is 4.56. The van der Waals surface area contributed by atoms with E-state index < -0.39 is 21.7 Å². The first-order chi connectivity index (χ1) is 13.3. The van der Waals surface area contributed by atoms with E-state index in [0.29, 0.717) is 24.7 Å². The smallest absolute Gasteiger partial charge is 0.410 e. The molecule has 2 heterocycles. The van der Waals surface area contributed by atoms with Crippen LogP contribution in [0.1, 0.15) is 65.6 Å². The lowest BCUT2D eigenvalue weighted by atomic mass is 9.75. The zero-order valence-corrected chi connectivity index (χ0v) is 19.6. The van der Waals surface area contributed by atoms with Crippen molar-refractivity contribution in [3.8, 4) is 0 Å². The third kappa shape index (κ3) is 4.89. The maximum atomic E-state index is 12.8. The van der Waals surface area contributed by atoms with Crippen LogP contribution in [0.25, 0.3) is 0 Å². The van der Waals surface area contributed by atoms with Crippen molar-refractivity contribution in [2.75, 3.05) is 13.1 Å². The van der Waals surface area contributed by atoms with Gasteiger partial charge in [-0.25, -0.2) is 9.78 Å². The summed E-state index contributed by atoms with van der Waals surface area (Å²) in [7, 11) is 0. The molecule has 0 aromatic carbocycles. The quantitative estimate of drug-likeness (QED) is 0.474. The van der Waals surface area contributed by atoms with Gasteiger partial charge in [0, 0.05) is 30.5 Å². The average molecular weight is 440 g/mol. The van der Waals surface area contributed by atoms with E-state index in [0.717, 1.165) is 29.8 Å². The highest BCUT2D eigenvalue weighted by molar-refractivity contribution is 7.91. The summed E-state index contributed by atoms with van der Waals surface area (Å²) in [5, 5.41) is 0.447. The van der Waals surface area contributed by atoms with Crippen molar-refractivity contribution in [2.45, 2.75) is 71.2 Å². The van der Waals surface area contributed by atoms with Gasteiger partial charge in [0.05, 0.1) is 5.69 Å². The Bertz CT molecular complexity index is 821. The molecule has 3 rings (SSSR count). The lowest BCUT2D eigenvalue weighted by Crippen LogP contribution is -2.47. The van der Waals surface area contributed by atoms with Crippen LogP contribution in [-0.2, 0) is 22.5 Å². The molecule has 0 N–H and O–H groups in total. The van der Waals surface area contributed by atoms with Crippen LogP contribution in [0.15, 0.2) is 16.5 Å². The zero-order chi connectivity index (χ0) is 21.6. The van der Waals surface area contributed by atoms with Gasteiger partial charge in [-0.1, -0.05) is 16.0 Å². The molecule has 160 valence electrons. The first-order valence-electron chi connectivity index (χ1n) is 9.96. The van der Waals surface area contributed by atoms with E-state index in [-0.39, 0.29) is 11.5 Å². The summed E-state index contributed by atoms with van der Waals surface area (Å²) in [6, 6.07) is 3.68. The number of rotatable bonds is 1. The number of carbonyl (C=O) groups excluding carboxylic acids is 1. The Morgan fingerprint density at radius 3 is 2.41 bits per heavy atom. The molecule has 1 spiro atoms.